The molecule has 4 rings (SSSR count). The molecule has 0 aliphatic rings. The quantitative estimate of drug-likeness (QED) is 0.393. The molecule has 0 atom stereocenters. The van der Waals surface area contributed by atoms with Crippen molar-refractivity contribution in [2.75, 3.05) is 18.1 Å². The molecular formula is C22H23N7O2S. The molecule has 0 bridgehead atoms. The van der Waals surface area contributed by atoms with E-state index in [1.165, 1.54) is 11.2 Å². The maximum atomic E-state index is 12.5. The van der Waals surface area contributed by atoms with Crippen molar-refractivity contribution >= 4 is 29.4 Å². The van der Waals surface area contributed by atoms with Crippen molar-refractivity contribution in [3.8, 4) is 11.4 Å². The van der Waals surface area contributed by atoms with E-state index in [4.69, 9.17) is 4.42 Å². The third-order valence-corrected chi connectivity index (χ3v) is 5.53. The molecule has 0 radical (unpaired) electrons. The Morgan fingerprint density at radius 2 is 2.12 bits per heavy atom. The molecule has 2 N–H and O–H groups in total. The number of oxazole rings is 1. The Kier molecular flexibility index (Phi) is 6.50. The lowest BCUT2D eigenvalue weighted by Gasteiger charge is -2.07. The molecule has 0 saturated carbocycles. The number of nitrogens with one attached hydrogen (secondary N) is 2. The van der Waals surface area contributed by atoms with Crippen molar-refractivity contribution in [2.24, 2.45) is 7.05 Å². The SMILES string of the molecule is CSc1cccc(CCNC(=O)c2nc(-c3nc(Nc4ccnn4C)ncc3C)co2)c1. The fourth-order valence-electron chi connectivity index (χ4n) is 3.08. The van der Waals surface area contributed by atoms with Gasteiger partial charge in [-0.05, 0) is 42.9 Å². The van der Waals surface area contributed by atoms with Gasteiger partial charge in [0.15, 0.2) is 0 Å². The molecule has 0 spiro atoms. The van der Waals surface area contributed by atoms with E-state index in [2.05, 4.69) is 42.8 Å². The fourth-order valence-corrected chi connectivity index (χ4v) is 3.57. The summed E-state index contributed by atoms with van der Waals surface area (Å²) in [5.41, 5.74) is 3.03. The zero-order chi connectivity index (χ0) is 22.5. The summed E-state index contributed by atoms with van der Waals surface area (Å²) in [5, 5.41) is 10.1. The molecular weight excluding hydrogens is 426 g/mol. The van der Waals surface area contributed by atoms with Crippen LogP contribution in [0.3, 0.4) is 0 Å². The highest BCUT2D eigenvalue weighted by Gasteiger charge is 2.17. The van der Waals surface area contributed by atoms with Crippen molar-refractivity contribution in [3.05, 3.63) is 66.0 Å². The lowest BCUT2D eigenvalue weighted by molar-refractivity contribution is 0.0919. The summed E-state index contributed by atoms with van der Waals surface area (Å²) < 4.78 is 7.10. The highest BCUT2D eigenvalue weighted by atomic mass is 32.2. The van der Waals surface area contributed by atoms with Gasteiger partial charge in [-0.2, -0.15) is 5.10 Å². The first kappa shape index (κ1) is 21.6. The van der Waals surface area contributed by atoms with Crippen molar-refractivity contribution < 1.29 is 9.21 Å². The van der Waals surface area contributed by atoms with E-state index < -0.39 is 0 Å². The van der Waals surface area contributed by atoms with Gasteiger partial charge in [-0.25, -0.2) is 15.0 Å². The average molecular weight is 450 g/mol. The van der Waals surface area contributed by atoms with Gasteiger partial charge in [0, 0.05) is 30.8 Å². The molecule has 3 heterocycles. The highest BCUT2D eigenvalue weighted by molar-refractivity contribution is 7.98. The van der Waals surface area contributed by atoms with E-state index >= 15 is 0 Å². The van der Waals surface area contributed by atoms with E-state index in [1.54, 1.807) is 28.8 Å². The molecule has 1 aromatic carbocycles. The largest absolute Gasteiger partial charge is 0.440 e. The van der Waals surface area contributed by atoms with Crippen LogP contribution < -0.4 is 10.6 Å². The molecule has 10 heteroatoms. The summed E-state index contributed by atoms with van der Waals surface area (Å²) in [6.45, 7) is 2.36. The maximum absolute atomic E-state index is 12.5. The van der Waals surface area contributed by atoms with Crippen LogP contribution in [0.5, 0.6) is 0 Å². The Hall–Kier alpha value is -3.66. The summed E-state index contributed by atoms with van der Waals surface area (Å²) in [5.74, 6) is 0.785. The van der Waals surface area contributed by atoms with E-state index in [0.29, 0.717) is 23.9 Å². The molecule has 0 saturated heterocycles. The molecule has 9 nitrogen and oxygen atoms in total. The van der Waals surface area contributed by atoms with Crippen LogP contribution >= 0.6 is 11.8 Å². The van der Waals surface area contributed by atoms with Gasteiger partial charge in [-0.15, -0.1) is 11.8 Å². The number of hydrogen-bond donors (Lipinski definition) is 2. The van der Waals surface area contributed by atoms with Crippen LogP contribution in [0, 0.1) is 6.92 Å². The first-order valence-corrected chi connectivity index (χ1v) is 11.2. The number of nitrogens with zero attached hydrogens (tertiary/aromatic N) is 5. The van der Waals surface area contributed by atoms with E-state index in [1.807, 2.05) is 38.4 Å². The predicted octanol–water partition coefficient (Wildman–Crippen LogP) is 3.61. The maximum Gasteiger partial charge on any atom is 0.307 e. The van der Waals surface area contributed by atoms with Crippen molar-refractivity contribution in [2.45, 2.75) is 18.2 Å². The number of anilines is 2. The first-order chi connectivity index (χ1) is 15.5. The van der Waals surface area contributed by atoms with Gasteiger partial charge in [0.2, 0.25) is 5.95 Å². The number of benzene rings is 1. The summed E-state index contributed by atoms with van der Waals surface area (Å²) >= 11 is 1.69. The minimum Gasteiger partial charge on any atom is -0.440 e. The Labute approximate surface area is 189 Å². The number of hydrogen-bond acceptors (Lipinski definition) is 8. The minimum atomic E-state index is -0.364. The van der Waals surface area contributed by atoms with Gasteiger partial charge in [-0.3, -0.25) is 9.48 Å². The summed E-state index contributed by atoms with van der Waals surface area (Å²) in [7, 11) is 1.82. The molecule has 1 amide bonds. The predicted molar refractivity (Wildman–Crippen MR) is 123 cm³/mol. The van der Waals surface area contributed by atoms with Crippen LogP contribution in [0.25, 0.3) is 11.4 Å². The van der Waals surface area contributed by atoms with Gasteiger partial charge in [0.25, 0.3) is 5.89 Å². The number of carbonyl (C=O) groups excluding carboxylic acids is 1. The summed E-state index contributed by atoms with van der Waals surface area (Å²) in [4.78, 5) is 26.8. The second-order valence-electron chi connectivity index (χ2n) is 7.09. The van der Waals surface area contributed by atoms with Crippen LogP contribution in [0.2, 0.25) is 0 Å². The molecule has 3 aromatic heterocycles. The molecule has 0 fully saturated rings. The molecule has 32 heavy (non-hydrogen) atoms. The first-order valence-electron chi connectivity index (χ1n) is 9.99. The normalized spacial score (nSPS) is 10.8. The molecule has 0 unspecified atom stereocenters. The molecule has 164 valence electrons. The molecule has 0 aliphatic carbocycles. The fraction of sp³-hybridized carbons (Fsp3) is 0.227. The van der Waals surface area contributed by atoms with Crippen LogP contribution in [-0.4, -0.2) is 43.4 Å². The third-order valence-electron chi connectivity index (χ3n) is 4.81. The van der Waals surface area contributed by atoms with Gasteiger partial charge in [-0.1, -0.05) is 12.1 Å². The number of carbonyl (C=O) groups is 1. The molecule has 0 aliphatic heterocycles. The lowest BCUT2D eigenvalue weighted by atomic mass is 10.1. The van der Waals surface area contributed by atoms with Gasteiger partial charge in [0.05, 0.1) is 6.20 Å². The van der Waals surface area contributed by atoms with Crippen LogP contribution in [0.1, 0.15) is 21.8 Å². The Balaban J connectivity index is 1.42. The smallest absolute Gasteiger partial charge is 0.307 e. The summed E-state index contributed by atoms with van der Waals surface area (Å²) in [6.07, 6.45) is 7.57. The number of aryl methyl sites for hydroxylation is 2. The number of amides is 1. The van der Waals surface area contributed by atoms with Crippen LogP contribution in [-0.2, 0) is 13.5 Å². The number of aromatic nitrogens is 5. The zero-order valence-corrected chi connectivity index (χ0v) is 18.8. The van der Waals surface area contributed by atoms with Crippen molar-refractivity contribution in [3.63, 3.8) is 0 Å². The average Bonchev–Trinajstić information content (AvgIpc) is 3.45. The van der Waals surface area contributed by atoms with Crippen molar-refractivity contribution in [1.82, 2.24) is 30.0 Å². The Morgan fingerprint density at radius 3 is 2.91 bits per heavy atom. The van der Waals surface area contributed by atoms with Crippen molar-refractivity contribution in [1.29, 1.82) is 0 Å². The van der Waals surface area contributed by atoms with Crippen LogP contribution in [0.15, 0.2) is 58.3 Å². The Bertz CT molecular complexity index is 1230. The lowest BCUT2D eigenvalue weighted by Crippen LogP contribution is -2.26. The minimum absolute atomic E-state index is 0.00276. The van der Waals surface area contributed by atoms with Crippen LogP contribution in [0.4, 0.5) is 11.8 Å². The topological polar surface area (TPSA) is 111 Å². The second kappa shape index (κ2) is 9.65. The second-order valence-corrected chi connectivity index (χ2v) is 7.97. The van der Waals surface area contributed by atoms with E-state index in [9.17, 15) is 4.79 Å². The number of thioether (sulfide) groups is 1. The zero-order valence-electron chi connectivity index (χ0n) is 18.0. The number of rotatable bonds is 8. The Morgan fingerprint density at radius 1 is 1.25 bits per heavy atom. The van der Waals surface area contributed by atoms with Gasteiger partial charge in [0.1, 0.15) is 23.5 Å². The van der Waals surface area contributed by atoms with Gasteiger partial charge >= 0.3 is 5.91 Å². The molecule has 4 aromatic rings. The highest BCUT2D eigenvalue weighted by Crippen LogP contribution is 2.22. The van der Waals surface area contributed by atoms with E-state index in [0.717, 1.165) is 23.4 Å². The summed E-state index contributed by atoms with van der Waals surface area (Å²) in [6, 6.07) is 10.1. The standard InChI is InChI=1S/C22H23N7O2S/c1-14-12-24-22(27-18-8-10-25-29(18)2)28-19(14)17-13-31-21(26-17)20(30)23-9-7-15-5-4-6-16(11-15)32-3/h4-6,8,10-13H,7,9H2,1-3H3,(H,23,30)(H,24,27,28). The van der Waals surface area contributed by atoms with Gasteiger partial charge < -0.3 is 15.1 Å². The monoisotopic (exact) mass is 449 g/mol. The third kappa shape index (κ3) is 4.97. The van der Waals surface area contributed by atoms with E-state index in [-0.39, 0.29) is 11.8 Å².